The van der Waals surface area contributed by atoms with Crippen molar-refractivity contribution >= 4 is 0 Å². The molecule has 12 heavy (non-hydrogen) atoms. The Morgan fingerprint density at radius 2 is 2.00 bits per heavy atom. The molecule has 0 aromatic heterocycles. The van der Waals surface area contributed by atoms with Gasteiger partial charge in [-0.2, -0.15) is 0 Å². The van der Waals surface area contributed by atoms with Gasteiger partial charge in [0.2, 0.25) is 0 Å². The minimum absolute atomic E-state index is 1.12. The third kappa shape index (κ3) is 5.96. The zero-order valence-corrected chi connectivity index (χ0v) is 8.51. The molecule has 0 N–H and O–H groups in total. The summed E-state index contributed by atoms with van der Waals surface area (Å²) in [6, 6.07) is 0. The van der Waals surface area contributed by atoms with Crippen LogP contribution >= 0.6 is 0 Å². The van der Waals surface area contributed by atoms with Gasteiger partial charge in [-0.15, -0.1) is 0 Å². The van der Waals surface area contributed by atoms with Crippen LogP contribution in [0.2, 0.25) is 0 Å². The highest BCUT2D eigenvalue weighted by atomic mass is 13.9. The number of hydrogen-bond donors (Lipinski definition) is 0. The first kappa shape index (κ1) is 11.2. The van der Waals surface area contributed by atoms with E-state index in [4.69, 9.17) is 0 Å². The fraction of sp³-hybridized carbons (Fsp3) is 0.500. The van der Waals surface area contributed by atoms with Gasteiger partial charge in [-0.3, -0.25) is 0 Å². The molecule has 0 nitrogen and oxygen atoms in total. The summed E-state index contributed by atoms with van der Waals surface area (Å²) in [7, 11) is 0. The van der Waals surface area contributed by atoms with Crippen molar-refractivity contribution in [1.29, 1.82) is 0 Å². The lowest BCUT2D eigenvalue weighted by Crippen LogP contribution is -1.75. The number of allylic oxidation sites excluding steroid dienone is 6. The molecule has 0 aromatic rings. The molecule has 0 heteroatoms. The largest absolute Gasteiger partial charge is 0.0874 e. The van der Waals surface area contributed by atoms with Crippen molar-refractivity contribution < 1.29 is 0 Å². The van der Waals surface area contributed by atoms with E-state index in [1.807, 2.05) is 0 Å². The van der Waals surface area contributed by atoms with E-state index in [1.165, 1.54) is 18.4 Å². The Morgan fingerprint density at radius 1 is 1.25 bits per heavy atom. The number of rotatable bonds is 5. The highest BCUT2D eigenvalue weighted by molar-refractivity contribution is 5.23. The predicted octanol–water partition coefficient (Wildman–Crippen LogP) is 4.26. The summed E-state index contributed by atoms with van der Waals surface area (Å²) in [6.07, 6.45) is 14.3. The topological polar surface area (TPSA) is 0 Å². The monoisotopic (exact) mass is 164 g/mol. The molecule has 0 aliphatic carbocycles. The van der Waals surface area contributed by atoms with Gasteiger partial charge in [0, 0.05) is 0 Å². The maximum atomic E-state index is 2.21. The maximum Gasteiger partial charge on any atom is -0.0282 e. The molecule has 0 saturated heterocycles. The van der Waals surface area contributed by atoms with Gasteiger partial charge in [-0.1, -0.05) is 50.6 Å². The van der Waals surface area contributed by atoms with E-state index in [0.29, 0.717) is 0 Å². The standard InChI is InChI=1S/C12H20/c1-4-7-8-11-12(9-5-2)10-6-3/h5,7-9,11H,4,6,10H2,1-3H3/b8-7-,9-5-,12-11-. The van der Waals surface area contributed by atoms with Crippen molar-refractivity contribution in [3.8, 4) is 0 Å². The summed E-state index contributed by atoms with van der Waals surface area (Å²) in [6.45, 7) is 6.42. The molecule has 0 spiro atoms. The van der Waals surface area contributed by atoms with E-state index in [1.54, 1.807) is 0 Å². The zero-order chi connectivity index (χ0) is 9.23. The quantitative estimate of drug-likeness (QED) is 0.533. The molecule has 0 fully saturated rings. The van der Waals surface area contributed by atoms with E-state index in [-0.39, 0.29) is 0 Å². The Kier molecular flexibility index (Phi) is 7.78. The summed E-state index contributed by atoms with van der Waals surface area (Å²) < 4.78 is 0. The van der Waals surface area contributed by atoms with Crippen LogP contribution in [0.4, 0.5) is 0 Å². The summed E-state index contributed by atoms with van der Waals surface area (Å²) >= 11 is 0. The molecule has 0 saturated carbocycles. The minimum atomic E-state index is 1.12. The lowest BCUT2D eigenvalue weighted by Gasteiger charge is -1.95. The van der Waals surface area contributed by atoms with Crippen LogP contribution in [0, 0.1) is 0 Å². The molecule has 0 bridgehead atoms. The summed E-state index contributed by atoms with van der Waals surface area (Å²) in [5.41, 5.74) is 1.42. The third-order valence-corrected chi connectivity index (χ3v) is 1.60. The normalized spacial score (nSPS) is 13.4. The first-order valence-corrected chi connectivity index (χ1v) is 4.83. The van der Waals surface area contributed by atoms with Gasteiger partial charge in [0.1, 0.15) is 0 Å². The molecule has 0 radical (unpaired) electrons. The maximum absolute atomic E-state index is 2.21. The van der Waals surface area contributed by atoms with Crippen LogP contribution in [-0.4, -0.2) is 0 Å². The van der Waals surface area contributed by atoms with Gasteiger partial charge in [0.25, 0.3) is 0 Å². The van der Waals surface area contributed by atoms with Gasteiger partial charge < -0.3 is 0 Å². The highest BCUT2D eigenvalue weighted by Gasteiger charge is 1.86. The van der Waals surface area contributed by atoms with E-state index < -0.39 is 0 Å². The molecule has 0 unspecified atom stereocenters. The predicted molar refractivity (Wildman–Crippen MR) is 57.2 cm³/mol. The summed E-state index contributed by atoms with van der Waals surface area (Å²) in [5, 5.41) is 0. The first-order valence-electron chi connectivity index (χ1n) is 4.83. The van der Waals surface area contributed by atoms with Crippen molar-refractivity contribution in [2.75, 3.05) is 0 Å². The zero-order valence-electron chi connectivity index (χ0n) is 8.51. The average molecular weight is 164 g/mol. The van der Waals surface area contributed by atoms with Gasteiger partial charge in [-0.05, 0) is 25.3 Å². The molecular formula is C12H20. The highest BCUT2D eigenvalue weighted by Crippen LogP contribution is 2.06. The lowest BCUT2D eigenvalue weighted by molar-refractivity contribution is 0.926. The molecule has 68 valence electrons. The number of hydrogen-bond acceptors (Lipinski definition) is 0. The van der Waals surface area contributed by atoms with Gasteiger partial charge >= 0.3 is 0 Å². The average Bonchev–Trinajstić information content (AvgIpc) is 2.06. The second kappa shape index (κ2) is 8.32. The van der Waals surface area contributed by atoms with Crippen LogP contribution in [0.5, 0.6) is 0 Å². The van der Waals surface area contributed by atoms with E-state index >= 15 is 0 Å². The van der Waals surface area contributed by atoms with Crippen LogP contribution in [0.3, 0.4) is 0 Å². The molecule has 0 amide bonds. The lowest BCUT2D eigenvalue weighted by atomic mass is 10.1. The van der Waals surface area contributed by atoms with Crippen LogP contribution in [0.25, 0.3) is 0 Å². The van der Waals surface area contributed by atoms with Gasteiger partial charge in [-0.25, -0.2) is 0 Å². The van der Waals surface area contributed by atoms with Crippen LogP contribution < -0.4 is 0 Å². The van der Waals surface area contributed by atoms with Crippen LogP contribution in [-0.2, 0) is 0 Å². The van der Waals surface area contributed by atoms with Crippen LogP contribution in [0.1, 0.15) is 40.0 Å². The molecule has 0 aromatic carbocycles. The molecule has 0 aliphatic heterocycles. The van der Waals surface area contributed by atoms with Crippen molar-refractivity contribution in [3.63, 3.8) is 0 Å². The first-order chi connectivity index (χ1) is 5.85. The summed E-state index contributed by atoms with van der Waals surface area (Å²) in [5.74, 6) is 0. The Hall–Kier alpha value is -0.780. The third-order valence-electron chi connectivity index (χ3n) is 1.60. The molecule has 0 atom stereocenters. The second-order valence-electron chi connectivity index (χ2n) is 2.83. The molecule has 0 rings (SSSR count). The Morgan fingerprint density at radius 3 is 2.50 bits per heavy atom. The van der Waals surface area contributed by atoms with Crippen LogP contribution in [0.15, 0.2) is 36.0 Å². The minimum Gasteiger partial charge on any atom is -0.0874 e. The van der Waals surface area contributed by atoms with Crippen molar-refractivity contribution in [3.05, 3.63) is 36.0 Å². The molecule has 0 heterocycles. The fourth-order valence-corrected chi connectivity index (χ4v) is 1.05. The van der Waals surface area contributed by atoms with E-state index in [9.17, 15) is 0 Å². The van der Waals surface area contributed by atoms with E-state index in [0.717, 1.165) is 6.42 Å². The van der Waals surface area contributed by atoms with E-state index in [2.05, 4.69) is 51.2 Å². The van der Waals surface area contributed by atoms with Crippen molar-refractivity contribution in [1.82, 2.24) is 0 Å². The second-order valence-corrected chi connectivity index (χ2v) is 2.83. The Bertz CT molecular complexity index is 170. The van der Waals surface area contributed by atoms with Crippen molar-refractivity contribution in [2.45, 2.75) is 40.0 Å². The van der Waals surface area contributed by atoms with Gasteiger partial charge in [0.15, 0.2) is 0 Å². The molecule has 0 aliphatic rings. The Balaban J connectivity index is 4.07. The smallest absolute Gasteiger partial charge is 0.0282 e. The Labute approximate surface area is 76.7 Å². The fourth-order valence-electron chi connectivity index (χ4n) is 1.05. The summed E-state index contributed by atoms with van der Waals surface area (Å²) in [4.78, 5) is 0. The van der Waals surface area contributed by atoms with Gasteiger partial charge in [0.05, 0.1) is 0 Å². The van der Waals surface area contributed by atoms with Crippen molar-refractivity contribution in [2.24, 2.45) is 0 Å². The molecular weight excluding hydrogens is 144 g/mol. The SMILES string of the molecule is C\C=C/C(=C/C=C\CC)CCC.